The molecule has 0 N–H and O–H groups in total. The van der Waals surface area contributed by atoms with Crippen molar-refractivity contribution in [2.45, 2.75) is 20.3 Å². The van der Waals surface area contributed by atoms with Gasteiger partial charge in [-0.2, -0.15) is 0 Å². The third kappa shape index (κ3) is 4.86. The van der Waals surface area contributed by atoms with Crippen LogP contribution in [0.25, 0.3) is 6.08 Å². The molecule has 2 aromatic carbocycles. The smallest absolute Gasteiger partial charge is 0.250 e. The number of ether oxygens (including phenoxy) is 2. The fourth-order valence-corrected chi connectivity index (χ4v) is 2.60. The highest BCUT2D eigenvalue weighted by atomic mass is 16.5. The second-order valence-electron chi connectivity index (χ2n) is 5.78. The zero-order valence-corrected chi connectivity index (χ0v) is 15.3. The van der Waals surface area contributed by atoms with Crippen LogP contribution in [0.1, 0.15) is 24.5 Å². The largest absolute Gasteiger partial charge is 0.493 e. The molecule has 1 amide bonds. The van der Waals surface area contributed by atoms with E-state index in [2.05, 4.69) is 6.92 Å². The first kappa shape index (κ1) is 18.6. The zero-order valence-electron chi connectivity index (χ0n) is 15.3. The number of anilines is 1. The standard InChI is InChI=1S/C21H25NO3/c1-5-13-22(18-8-6-7-16(2)14-18)21(23)12-10-17-9-11-19(24-3)20(15-17)25-4/h6-12,14-15H,5,13H2,1-4H3/b12-10+. The van der Waals surface area contributed by atoms with Crippen LogP contribution in [0.2, 0.25) is 0 Å². The van der Waals surface area contributed by atoms with Crippen molar-refractivity contribution in [1.29, 1.82) is 0 Å². The number of benzene rings is 2. The molecule has 132 valence electrons. The molecule has 0 aliphatic carbocycles. The summed E-state index contributed by atoms with van der Waals surface area (Å²) in [5.41, 5.74) is 2.94. The second kappa shape index (κ2) is 8.92. The fraction of sp³-hybridized carbons (Fsp3) is 0.286. The fourth-order valence-electron chi connectivity index (χ4n) is 2.60. The van der Waals surface area contributed by atoms with Gasteiger partial charge in [0.05, 0.1) is 14.2 Å². The normalized spacial score (nSPS) is 10.7. The van der Waals surface area contributed by atoms with Gasteiger partial charge in [0.25, 0.3) is 5.91 Å². The van der Waals surface area contributed by atoms with Crippen molar-refractivity contribution in [3.63, 3.8) is 0 Å². The summed E-state index contributed by atoms with van der Waals surface area (Å²) in [5.74, 6) is 1.27. The Morgan fingerprint density at radius 2 is 1.84 bits per heavy atom. The number of nitrogens with zero attached hydrogens (tertiary/aromatic N) is 1. The van der Waals surface area contributed by atoms with Gasteiger partial charge in [0.15, 0.2) is 11.5 Å². The molecule has 2 rings (SSSR count). The van der Waals surface area contributed by atoms with Gasteiger partial charge in [0.2, 0.25) is 0 Å². The van der Waals surface area contributed by atoms with E-state index in [1.807, 2.05) is 49.4 Å². The van der Waals surface area contributed by atoms with Crippen LogP contribution >= 0.6 is 0 Å². The van der Waals surface area contributed by atoms with E-state index in [4.69, 9.17) is 9.47 Å². The Bertz CT molecular complexity index is 753. The number of carbonyl (C=O) groups is 1. The molecule has 0 unspecified atom stereocenters. The minimum Gasteiger partial charge on any atom is -0.493 e. The highest BCUT2D eigenvalue weighted by Gasteiger charge is 2.12. The van der Waals surface area contributed by atoms with E-state index < -0.39 is 0 Å². The van der Waals surface area contributed by atoms with Gasteiger partial charge in [0.1, 0.15) is 0 Å². The summed E-state index contributed by atoms with van der Waals surface area (Å²) >= 11 is 0. The minimum absolute atomic E-state index is 0.0396. The van der Waals surface area contributed by atoms with Crippen molar-refractivity contribution in [3.8, 4) is 11.5 Å². The number of hydrogen-bond donors (Lipinski definition) is 0. The minimum atomic E-state index is -0.0396. The maximum absolute atomic E-state index is 12.7. The summed E-state index contributed by atoms with van der Waals surface area (Å²) in [6.45, 7) is 4.77. The van der Waals surface area contributed by atoms with E-state index >= 15 is 0 Å². The van der Waals surface area contributed by atoms with E-state index in [0.717, 1.165) is 23.2 Å². The maximum atomic E-state index is 12.7. The highest BCUT2D eigenvalue weighted by molar-refractivity contribution is 6.03. The maximum Gasteiger partial charge on any atom is 0.250 e. The third-order valence-electron chi connectivity index (χ3n) is 3.85. The quantitative estimate of drug-likeness (QED) is 0.699. The van der Waals surface area contributed by atoms with Crippen molar-refractivity contribution in [1.82, 2.24) is 0 Å². The molecule has 0 aromatic heterocycles. The second-order valence-corrected chi connectivity index (χ2v) is 5.78. The SMILES string of the molecule is CCCN(C(=O)/C=C/c1ccc(OC)c(OC)c1)c1cccc(C)c1. The Morgan fingerprint density at radius 3 is 2.48 bits per heavy atom. The summed E-state index contributed by atoms with van der Waals surface area (Å²) in [6.07, 6.45) is 4.28. The molecule has 0 saturated heterocycles. The first-order valence-electron chi connectivity index (χ1n) is 8.37. The monoisotopic (exact) mass is 339 g/mol. The van der Waals surface area contributed by atoms with Gasteiger partial charge in [-0.05, 0) is 54.8 Å². The first-order chi connectivity index (χ1) is 12.1. The lowest BCUT2D eigenvalue weighted by atomic mass is 10.1. The number of aryl methyl sites for hydroxylation is 1. The lowest BCUT2D eigenvalue weighted by Gasteiger charge is -2.21. The molecule has 0 aliphatic rings. The van der Waals surface area contributed by atoms with Crippen LogP contribution in [0, 0.1) is 6.92 Å². The van der Waals surface area contributed by atoms with Crippen LogP contribution in [-0.2, 0) is 4.79 Å². The number of amides is 1. The summed E-state index contributed by atoms with van der Waals surface area (Å²) in [5, 5.41) is 0. The van der Waals surface area contributed by atoms with E-state index in [9.17, 15) is 4.79 Å². The Morgan fingerprint density at radius 1 is 1.08 bits per heavy atom. The average molecular weight is 339 g/mol. The number of hydrogen-bond acceptors (Lipinski definition) is 3. The third-order valence-corrected chi connectivity index (χ3v) is 3.85. The van der Waals surface area contributed by atoms with E-state index in [1.54, 1.807) is 31.3 Å². The van der Waals surface area contributed by atoms with Gasteiger partial charge in [-0.1, -0.05) is 25.1 Å². The van der Waals surface area contributed by atoms with Crippen molar-refractivity contribution in [3.05, 3.63) is 59.7 Å². The van der Waals surface area contributed by atoms with Crippen LogP contribution in [0.15, 0.2) is 48.5 Å². The average Bonchev–Trinajstić information content (AvgIpc) is 2.63. The van der Waals surface area contributed by atoms with Gasteiger partial charge in [0, 0.05) is 18.3 Å². The molecule has 0 aliphatic heterocycles. The van der Waals surface area contributed by atoms with Gasteiger partial charge >= 0.3 is 0 Å². The molecule has 0 radical (unpaired) electrons. The molecular weight excluding hydrogens is 314 g/mol. The molecule has 0 saturated carbocycles. The molecule has 0 spiro atoms. The van der Waals surface area contributed by atoms with Crippen molar-refractivity contribution >= 4 is 17.7 Å². The Balaban J connectivity index is 2.21. The molecule has 4 nitrogen and oxygen atoms in total. The first-order valence-corrected chi connectivity index (χ1v) is 8.37. The number of methoxy groups -OCH3 is 2. The zero-order chi connectivity index (χ0) is 18.2. The van der Waals surface area contributed by atoms with Crippen LogP contribution in [0.4, 0.5) is 5.69 Å². The molecule has 0 atom stereocenters. The lowest BCUT2D eigenvalue weighted by Crippen LogP contribution is -2.30. The predicted molar refractivity (Wildman–Crippen MR) is 102 cm³/mol. The van der Waals surface area contributed by atoms with Crippen LogP contribution in [-0.4, -0.2) is 26.7 Å². The molecular formula is C21H25NO3. The summed E-state index contributed by atoms with van der Waals surface area (Å²) in [7, 11) is 3.19. The molecule has 4 heteroatoms. The summed E-state index contributed by atoms with van der Waals surface area (Å²) < 4.78 is 10.5. The molecule has 25 heavy (non-hydrogen) atoms. The van der Waals surface area contributed by atoms with Crippen LogP contribution < -0.4 is 14.4 Å². The van der Waals surface area contributed by atoms with Crippen LogP contribution in [0.3, 0.4) is 0 Å². The number of carbonyl (C=O) groups excluding carboxylic acids is 1. The Hall–Kier alpha value is -2.75. The highest BCUT2D eigenvalue weighted by Crippen LogP contribution is 2.28. The summed E-state index contributed by atoms with van der Waals surface area (Å²) in [4.78, 5) is 14.5. The topological polar surface area (TPSA) is 38.8 Å². The van der Waals surface area contributed by atoms with E-state index in [1.165, 1.54) is 0 Å². The van der Waals surface area contributed by atoms with Crippen molar-refractivity contribution in [2.75, 3.05) is 25.7 Å². The predicted octanol–water partition coefficient (Wildman–Crippen LogP) is 4.47. The van der Waals surface area contributed by atoms with Gasteiger partial charge in [-0.25, -0.2) is 0 Å². The van der Waals surface area contributed by atoms with Crippen molar-refractivity contribution < 1.29 is 14.3 Å². The van der Waals surface area contributed by atoms with Crippen LogP contribution in [0.5, 0.6) is 11.5 Å². The summed E-state index contributed by atoms with van der Waals surface area (Å²) in [6, 6.07) is 13.5. The Labute approximate surface area is 149 Å². The molecule has 0 heterocycles. The van der Waals surface area contributed by atoms with Gasteiger partial charge < -0.3 is 14.4 Å². The van der Waals surface area contributed by atoms with E-state index in [-0.39, 0.29) is 5.91 Å². The lowest BCUT2D eigenvalue weighted by molar-refractivity contribution is -0.114. The van der Waals surface area contributed by atoms with E-state index in [0.29, 0.717) is 18.0 Å². The molecule has 0 fully saturated rings. The van der Waals surface area contributed by atoms with Gasteiger partial charge in [-0.15, -0.1) is 0 Å². The molecule has 2 aromatic rings. The molecule has 0 bridgehead atoms. The Kier molecular flexibility index (Phi) is 6.63. The number of rotatable bonds is 7. The van der Waals surface area contributed by atoms with Crippen molar-refractivity contribution in [2.24, 2.45) is 0 Å². The van der Waals surface area contributed by atoms with Gasteiger partial charge in [-0.3, -0.25) is 4.79 Å².